The third kappa shape index (κ3) is 6.23. The van der Waals surface area contributed by atoms with Gasteiger partial charge in [0.1, 0.15) is 22.3 Å². The molecule has 0 saturated carbocycles. The molecular weight excluding hydrogens is 759 g/mol. The molecule has 0 unspecified atom stereocenters. The third-order valence-corrected chi connectivity index (χ3v) is 11.1. The molecule has 3 heterocycles. The van der Waals surface area contributed by atoms with Crippen molar-refractivity contribution in [3.63, 3.8) is 0 Å². The van der Waals surface area contributed by atoms with Crippen molar-refractivity contribution in [3.8, 4) is 78.7 Å². The Labute approximate surface area is 371 Å². The first kappa shape index (κ1) is 26.6. The Balaban J connectivity index is 1.10. The molecule has 0 aliphatic rings. The van der Waals surface area contributed by atoms with Gasteiger partial charge in [0, 0.05) is 49.4 Å². The molecule has 0 aliphatic heterocycles. The normalized spacial score (nSPS) is 13.8. The average Bonchev–Trinajstić information content (AvgIpc) is 4.00. The van der Waals surface area contributed by atoms with Crippen LogP contribution in [-0.4, -0.2) is 15.0 Å². The van der Waals surface area contributed by atoms with Crippen molar-refractivity contribution >= 4 is 43.9 Å². The maximum atomic E-state index is 8.90. The minimum Gasteiger partial charge on any atom is -0.455 e. The molecule has 5 nitrogen and oxygen atoms in total. The second-order valence-corrected chi connectivity index (χ2v) is 14.8. The molecule has 0 spiro atoms. The third-order valence-electron chi connectivity index (χ3n) is 11.1. The Hall–Kier alpha value is -8.41. The molecular formula is C57H35N3O2. The molecule has 3 aromatic heterocycles. The van der Waals surface area contributed by atoms with Crippen molar-refractivity contribution in [3.05, 3.63) is 212 Å². The Morgan fingerprint density at radius 2 is 0.677 bits per heavy atom. The maximum absolute atomic E-state index is 8.90. The summed E-state index contributed by atoms with van der Waals surface area (Å²) < 4.78 is 99.1. The summed E-state index contributed by atoms with van der Waals surface area (Å²) >= 11 is 0. The predicted molar refractivity (Wildman–Crippen MR) is 252 cm³/mol. The van der Waals surface area contributed by atoms with Crippen LogP contribution in [0.25, 0.3) is 123 Å². The largest absolute Gasteiger partial charge is 0.455 e. The molecule has 290 valence electrons. The summed E-state index contributed by atoms with van der Waals surface area (Å²) in [6, 6.07) is 43.6. The van der Waals surface area contributed by atoms with Crippen LogP contribution in [-0.2, 0) is 0 Å². The van der Waals surface area contributed by atoms with Crippen LogP contribution >= 0.6 is 0 Å². The maximum Gasteiger partial charge on any atom is 0.164 e. The molecule has 0 fully saturated rings. The van der Waals surface area contributed by atoms with Gasteiger partial charge in [-0.2, -0.15) is 0 Å². The highest BCUT2D eigenvalue weighted by atomic mass is 16.3. The van der Waals surface area contributed by atoms with Gasteiger partial charge in [0.2, 0.25) is 0 Å². The van der Waals surface area contributed by atoms with E-state index < -0.39 is 60.4 Å². The van der Waals surface area contributed by atoms with Crippen LogP contribution in [0.2, 0.25) is 0 Å². The Bertz CT molecular complexity index is 3940. The fraction of sp³-hybridized carbons (Fsp3) is 0. The summed E-state index contributed by atoms with van der Waals surface area (Å²) in [5.41, 5.74) is 9.32. The molecule has 5 heteroatoms. The molecule has 0 amide bonds. The molecule has 0 radical (unpaired) electrons. The standard InChI is InChI=1S/C57H35N3O2/c1-3-15-36(16-4-1)55-58-56(37-17-5-2-6-18-37)60-57(59-55)44-34-42(38-19-11-21-40(31-38)45-25-13-27-49-47-23-7-9-29-51(47)61-53(45)49)33-43(35-44)39-20-12-22-41(32-39)46-26-14-28-50-48-24-8-10-30-52(48)62-54(46)50/h1-35H/i1D,2D,3D,4D,5D,6D,15D,16D,17D,18D. The molecule has 0 N–H and O–H groups in total. The minimum atomic E-state index is -0.627. The molecule has 12 aromatic rings. The van der Waals surface area contributed by atoms with Gasteiger partial charge in [0.25, 0.3) is 0 Å². The highest BCUT2D eigenvalue weighted by molar-refractivity contribution is 6.10. The minimum absolute atomic E-state index is 0.0527. The zero-order valence-electron chi connectivity index (χ0n) is 42.6. The number of para-hydroxylation sites is 4. The van der Waals surface area contributed by atoms with Crippen molar-refractivity contribution in [1.29, 1.82) is 0 Å². The lowest BCUT2D eigenvalue weighted by Crippen LogP contribution is -2.00. The van der Waals surface area contributed by atoms with Gasteiger partial charge in [-0.3, -0.25) is 0 Å². The molecule has 62 heavy (non-hydrogen) atoms. The van der Waals surface area contributed by atoms with Gasteiger partial charge in [-0.1, -0.05) is 170 Å². The number of fused-ring (bicyclic) bond motifs is 6. The second-order valence-electron chi connectivity index (χ2n) is 14.8. The van der Waals surface area contributed by atoms with Gasteiger partial charge in [-0.15, -0.1) is 0 Å². The molecule has 12 rings (SSSR count). The van der Waals surface area contributed by atoms with Crippen LogP contribution in [0.4, 0.5) is 0 Å². The number of rotatable bonds is 7. The molecule has 0 bridgehead atoms. The van der Waals surface area contributed by atoms with E-state index in [1.165, 1.54) is 0 Å². The van der Waals surface area contributed by atoms with Crippen molar-refractivity contribution in [2.24, 2.45) is 0 Å². The van der Waals surface area contributed by atoms with Crippen molar-refractivity contribution in [1.82, 2.24) is 15.0 Å². The van der Waals surface area contributed by atoms with E-state index in [1.54, 1.807) is 0 Å². The van der Waals surface area contributed by atoms with Gasteiger partial charge < -0.3 is 8.83 Å². The van der Waals surface area contributed by atoms with Gasteiger partial charge in [-0.25, -0.2) is 15.0 Å². The smallest absolute Gasteiger partial charge is 0.164 e. The van der Waals surface area contributed by atoms with E-state index >= 15 is 0 Å². The van der Waals surface area contributed by atoms with E-state index in [9.17, 15) is 0 Å². The lowest BCUT2D eigenvalue weighted by molar-refractivity contribution is 0.669. The number of nitrogens with zero attached hydrogens (tertiary/aromatic N) is 3. The molecule has 9 aromatic carbocycles. The zero-order valence-corrected chi connectivity index (χ0v) is 32.6. The highest BCUT2D eigenvalue weighted by Gasteiger charge is 2.18. The summed E-state index contributed by atoms with van der Waals surface area (Å²) in [5, 5.41) is 3.97. The van der Waals surface area contributed by atoms with Crippen LogP contribution < -0.4 is 0 Å². The monoisotopic (exact) mass is 803 g/mol. The zero-order chi connectivity index (χ0) is 49.7. The van der Waals surface area contributed by atoms with Gasteiger partial charge in [0.05, 0.1) is 13.7 Å². The molecule has 0 saturated heterocycles. The summed E-state index contributed by atoms with van der Waals surface area (Å²) in [4.78, 5) is 14.1. The number of furan rings is 2. The number of benzene rings is 9. The van der Waals surface area contributed by atoms with Crippen LogP contribution in [0.5, 0.6) is 0 Å². The fourth-order valence-corrected chi connectivity index (χ4v) is 8.22. The predicted octanol–water partition coefficient (Wildman–Crippen LogP) is 15.3. The van der Waals surface area contributed by atoms with Crippen LogP contribution in [0.1, 0.15) is 13.7 Å². The first-order chi connectivity index (χ1) is 34.8. The SMILES string of the molecule is [2H]c1c([2H])c([2H])c(-c2nc(-c3cc(-c4cccc(-c5cccc6c5oc5ccccc56)c4)cc(-c4cccc(-c5cccc6c5oc5ccccc56)c4)c3)nc(-c3c([2H])c([2H])c([2H])c([2H])c3[2H])n2)c([2H])c1[2H]. The average molecular weight is 804 g/mol. The summed E-state index contributed by atoms with van der Waals surface area (Å²) in [5.74, 6) is -0.761. The fourth-order valence-electron chi connectivity index (χ4n) is 8.22. The number of hydrogen-bond donors (Lipinski definition) is 0. The lowest BCUT2D eigenvalue weighted by Gasteiger charge is -2.14. The quantitative estimate of drug-likeness (QED) is 0.161. The Kier molecular flexibility index (Phi) is 6.31. The first-order valence-corrected chi connectivity index (χ1v) is 19.9. The number of aromatic nitrogens is 3. The highest BCUT2D eigenvalue weighted by Crippen LogP contribution is 2.41. The first-order valence-electron chi connectivity index (χ1n) is 24.9. The van der Waals surface area contributed by atoms with Crippen LogP contribution in [0.15, 0.2) is 221 Å². The van der Waals surface area contributed by atoms with Crippen LogP contribution in [0.3, 0.4) is 0 Å². The van der Waals surface area contributed by atoms with Crippen LogP contribution in [0, 0.1) is 0 Å². The van der Waals surface area contributed by atoms with E-state index in [0.29, 0.717) is 5.56 Å². The Morgan fingerprint density at radius 1 is 0.306 bits per heavy atom. The van der Waals surface area contributed by atoms with E-state index in [2.05, 4.69) is 17.1 Å². The second kappa shape index (κ2) is 14.7. The Morgan fingerprint density at radius 3 is 1.16 bits per heavy atom. The van der Waals surface area contributed by atoms with Gasteiger partial charge >= 0.3 is 0 Å². The summed E-state index contributed by atoms with van der Waals surface area (Å²) in [6.45, 7) is 0. The van der Waals surface area contributed by atoms with E-state index in [0.717, 1.165) is 88.4 Å². The van der Waals surface area contributed by atoms with Gasteiger partial charge in [0.15, 0.2) is 17.5 Å². The molecule has 0 aliphatic carbocycles. The van der Waals surface area contributed by atoms with E-state index in [4.69, 9.17) is 32.5 Å². The van der Waals surface area contributed by atoms with E-state index in [-0.39, 0.29) is 28.6 Å². The van der Waals surface area contributed by atoms with Crippen molar-refractivity contribution in [2.75, 3.05) is 0 Å². The van der Waals surface area contributed by atoms with Gasteiger partial charge in [-0.05, 0) is 75.8 Å². The topological polar surface area (TPSA) is 65.0 Å². The van der Waals surface area contributed by atoms with Crippen molar-refractivity contribution in [2.45, 2.75) is 0 Å². The van der Waals surface area contributed by atoms with Crippen molar-refractivity contribution < 1.29 is 22.5 Å². The van der Waals surface area contributed by atoms with E-state index in [1.807, 2.05) is 140 Å². The number of hydrogen-bond acceptors (Lipinski definition) is 5. The summed E-state index contributed by atoms with van der Waals surface area (Å²) in [6.07, 6.45) is 0. The summed E-state index contributed by atoms with van der Waals surface area (Å²) in [7, 11) is 0. The lowest BCUT2D eigenvalue weighted by atomic mass is 9.92. The molecule has 0 atom stereocenters.